The van der Waals surface area contributed by atoms with Gasteiger partial charge < -0.3 is 10.4 Å². The highest BCUT2D eigenvalue weighted by molar-refractivity contribution is 5.89. The Bertz CT molecular complexity index is 529. The zero-order chi connectivity index (χ0) is 12.8. The van der Waals surface area contributed by atoms with E-state index in [1.165, 1.54) is 12.3 Å². The molecule has 2 aromatic rings. The van der Waals surface area contributed by atoms with Crippen LogP contribution < -0.4 is 10.6 Å². The number of hydrogen-bond donors (Lipinski definition) is 3. The van der Waals surface area contributed by atoms with Crippen LogP contribution in [0.2, 0.25) is 0 Å². The van der Waals surface area contributed by atoms with Crippen LogP contribution in [0.15, 0.2) is 48.7 Å². The summed E-state index contributed by atoms with van der Waals surface area (Å²) in [6.07, 6.45) is 1.49. The van der Waals surface area contributed by atoms with Crippen molar-refractivity contribution >= 4 is 11.8 Å². The predicted molar refractivity (Wildman–Crippen MR) is 68.2 cm³/mol. The molecule has 0 aliphatic rings. The molecular formula is C13H13N3O2. The molecule has 2 amide bonds. The first-order valence-corrected chi connectivity index (χ1v) is 5.48. The van der Waals surface area contributed by atoms with Gasteiger partial charge in [0.05, 0.1) is 0 Å². The Kier molecular flexibility index (Phi) is 3.76. The normalized spacial score (nSPS) is 9.78. The highest BCUT2D eigenvalue weighted by atomic mass is 16.3. The standard InChI is InChI=1S/C13H13N3O2/c17-11-7-4-8-14-12(11)16-13(18)15-9-10-5-2-1-3-6-10/h1-8,17H,9H2,(H2,14,15,16,18). The van der Waals surface area contributed by atoms with Gasteiger partial charge in [-0.25, -0.2) is 9.78 Å². The summed E-state index contributed by atoms with van der Waals surface area (Å²) in [5.74, 6) is 0.0791. The third-order valence-corrected chi connectivity index (χ3v) is 2.31. The summed E-state index contributed by atoms with van der Waals surface area (Å²) < 4.78 is 0. The molecule has 5 nitrogen and oxygen atoms in total. The number of carbonyl (C=O) groups excluding carboxylic acids is 1. The topological polar surface area (TPSA) is 74.2 Å². The largest absolute Gasteiger partial charge is 0.504 e. The van der Waals surface area contributed by atoms with Crippen LogP contribution >= 0.6 is 0 Å². The summed E-state index contributed by atoms with van der Waals surface area (Å²) in [7, 11) is 0. The lowest BCUT2D eigenvalue weighted by Crippen LogP contribution is -2.28. The van der Waals surface area contributed by atoms with Crippen LogP contribution in [-0.4, -0.2) is 16.1 Å². The summed E-state index contributed by atoms with van der Waals surface area (Å²) in [6, 6.07) is 12.2. The highest BCUT2D eigenvalue weighted by Crippen LogP contribution is 2.17. The van der Waals surface area contributed by atoms with Gasteiger partial charge in [-0.2, -0.15) is 0 Å². The maximum atomic E-state index is 11.6. The third-order valence-electron chi connectivity index (χ3n) is 2.31. The Morgan fingerprint density at radius 2 is 1.94 bits per heavy atom. The molecule has 0 unspecified atom stereocenters. The Hall–Kier alpha value is -2.56. The molecule has 5 heteroatoms. The Morgan fingerprint density at radius 1 is 1.17 bits per heavy atom. The smallest absolute Gasteiger partial charge is 0.320 e. The molecule has 0 aliphatic heterocycles. The van der Waals surface area contributed by atoms with Crippen molar-refractivity contribution in [1.82, 2.24) is 10.3 Å². The number of aromatic hydroxyl groups is 1. The van der Waals surface area contributed by atoms with Crippen molar-refractivity contribution in [2.24, 2.45) is 0 Å². The molecule has 0 spiro atoms. The predicted octanol–water partition coefficient (Wildman–Crippen LogP) is 2.11. The lowest BCUT2D eigenvalue weighted by Gasteiger charge is -2.07. The summed E-state index contributed by atoms with van der Waals surface area (Å²) in [4.78, 5) is 15.4. The van der Waals surface area contributed by atoms with Crippen molar-refractivity contribution in [3.05, 3.63) is 54.2 Å². The minimum atomic E-state index is -0.409. The highest BCUT2D eigenvalue weighted by Gasteiger charge is 2.05. The minimum Gasteiger partial charge on any atom is -0.504 e. The molecule has 0 atom stereocenters. The molecule has 1 aromatic heterocycles. The molecule has 0 bridgehead atoms. The van der Waals surface area contributed by atoms with E-state index in [0.29, 0.717) is 6.54 Å². The van der Waals surface area contributed by atoms with Crippen molar-refractivity contribution in [2.75, 3.05) is 5.32 Å². The Morgan fingerprint density at radius 3 is 2.67 bits per heavy atom. The van der Waals surface area contributed by atoms with E-state index in [-0.39, 0.29) is 11.6 Å². The maximum Gasteiger partial charge on any atom is 0.320 e. The first-order chi connectivity index (χ1) is 8.75. The number of aromatic nitrogens is 1. The lowest BCUT2D eigenvalue weighted by molar-refractivity contribution is 0.251. The van der Waals surface area contributed by atoms with Crippen molar-refractivity contribution in [3.8, 4) is 5.75 Å². The lowest BCUT2D eigenvalue weighted by atomic mass is 10.2. The van der Waals surface area contributed by atoms with Gasteiger partial charge in [-0.05, 0) is 17.7 Å². The van der Waals surface area contributed by atoms with Gasteiger partial charge in [-0.1, -0.05) is 30.3 Å². The van der Waals surface area contributed by atoms with Crippen LogP contribution in [0.25, 0.3) is 0 Å². The van der Waals surface area contributed by atoms with E-state index in [1.54, 1.807) is 6.07 Å². The number of hydrogen-bond acceptors (Lipinski definition) is 3. The fourth-order valence-corrected chi connectivity index (χ4v) is 1.42. The van der Waals surface area contributed by atoms with Crippen LogP contribution in [0.4, 0.5) is 10.6 Å². The van der Waals surface area contributed by atoms with Gasteiger partial charge in [-0.3, -0.25) is 5.32 Å². The van der Waals surface area contributed by atoms with Gasteiger partial charge in [0.1, 0.15) is 0 Å². The van der Waals surface area contributed by atoms with Crippen LogP contribution in [-0.2, 0) is 6.54 Å². The van der Waals surface area contributed by atoms with Gasteiger partial charge >= 0.3 is 6.03 Å². The molecule has 18 heavy (non-hydrogen) atoms. The van der Waals surface area contributed by atoms with E-state index in [2.05, 4.69) is 15.6 Å². The quantitative estimate of drug-likeness (QED) is 0.772. The zero-order valence-electron chi connectivity index (χ0n) is 9.63. The second-order valence-electron chi connectivity index (χ2n) is 3.66. The second kappa shape index (κ2) is 5.67. The number of nitrogens with zero attached hydrogens (tertiary/aromatic N) is 1. The molecule has 3 N–H and O–H groups in total. The van der Waals surface area contributed by atoms with Gasteiger partial charge in [0.15, 0.2) is 11.6 Å². The number of urea groups is 1. The van der Waals surface area contributed by atoms with Crippen molar-refractivity contribution in [3.63, 3.8) is 0 Å². The first kappa shape index (κ1) is 11.9. The molecule has 0 saturated carbocycles. The van der Waals surface area contributed by atoms with Crippen molar-refractivity contribution in [2.45, 2.75) is 6.54 Å². The molecule has 92 valence electrons. The molecule has 0 fully saturated rings. The van der Waals surface area contributed by atoms with Gasteiger partial charge in [0, 0.05) is 12.7 Å². The van der Waals surface area contributed by atoms with Crippen molar-refractivity contribution in [1.29, 1.82) is 0 Å². The van der Waals surface area contributed by atoms with E-state index in [1.807, 2.05) is 30.3 Å². The van der Waals surface area contributed by atoms with Crippen LogP contribution in [0.1, 0.15) is 5.56 Å². The second-order valence-corrected chi connectivity index (χ2v) is 3.66. The van der Waals surface area contributed by atoms with Gasteiger partial charge in [-0.15, -0.1) is 0 Å². The van der Waals surface area contributed by atoms with E-state index in [0.717, 1.165) is 5.56 Å². The molecule has 0 aliphatic carbocycles. The van der Waals surface area contributed by atoms with Gasteiger partial charge in [0.25, 0.3) is 0 Å². The molecular weight excluding hydrogens is 230 g/mol. The van der Waals surface area contributed by atoms with Crippen LogP contribution in [0, 0.1) is 0 Å². The van der Waals surface area contributed by atoms with E-state index in [9.17, 15) is 9.90 Å². The Labute approximate surface area is 104 Å². The van der Waals surface area contributed by atoms with E-state index < -0.39 is 6.03 Å². The summed E-state index contributed by atoms with van der Waals surface area (Å²) in [5, 5.41) is 14.6. The monoisotopic (exact) mass is 243 g/mol. The number of anilines is 1. The molecule has 1 heterocycles. The van der Waals surface area contributed by atoms with Crippen LogP contribution in [0.3, 0.4) is 0 Å². The molecule has 1 aromatic carbocycles. The minimum absolute atomic E-state index is 0.0626. The maximum absolute atomic E-state index is 11.6. The number of benzene rings is 1. The summed E-state index contributed by atoms with van der Waals surface area (Å²) >= 11 is 0. The number of nitrogens with one attached hydrogen (secondary N) is 2. The number of rotatable bonds is 3. The fraction of sp³-hybridized carbons (Fsp3) is 0.0769. The summed E-state index contributed by atoms with van der Waals surface area (Å²) in [6.45, 7) is 0.417. The fourth-order valence-electron chi connectivity index (χ4n) is 1.42. The molecule has 2 rings (SSSR count). The van der Waals surface area contributed by atoms with Crippen molar-refractivity contribution < 1.29 is 9.90 Å². The number of pyridine rings is 1. The van der Waals surface area contributed by atoms with E-state index in [4.69, 9.17) is 0 Å². The number of carbonyl (C=O) groups is 1. The Balaban J connectivity index is 1.88. The first-order valence-electron chi connectivity index (χ1n) is 5.48. The number of amides is 2. The average molecular weight is 243 g/mol. The molecule has 0 radical (unpaired) electrons. The molecule has 0 saturated heterocycles. The van der Waals surface area contributed by atoms with Crippen LogP contribution in [0.5, 0.6) is 5.75 Å². The van der Waals surface area contributed by atoms with E-state index >= 15 is 0 Å². The third kappa shape index (κ3) is 3.21. The zero-order valence-corrected chi connectivity index (χ0v) is 9.63. The summed E-state index contributed by atoms with van der Waals surface area (Å²) in [5.41, 5.74) is 0.998. The average Bonchev–Trinajstić information content (AvgIpc) is 2.40. The van der Waals surface area contributed by atoms with Gasteiger partial charge in [0.2, 0.25) is 0 Å². The SMILES string of the molecule is O=C(NCc1ccccc1)Nc1ncccc1O.